The van der Waals surface area contributed by atoms with Gasteiger partial charge in [0.05, 0.1) is 11.9 Å². The van der Waals surface area contributed by atoms with Crippen molar-refractivity contribution in [3.63, 3.8) is 0 Å². The molecule has 0 amide bonds. The van der Waals surface area contributed by atoms with Crippen LogP contribution in [0.3, 0.4) is 0 Å². The first-order chi connectivity index (χ1) is 8.02. The Morgan fingerprint density at radius 3 is 2.82 bits per heavy atom. The molecule has 3 N–H and O–H groups in total. The second-order valence-corrected chi connectivity index (χ2v) is 3.54. The molecule has 0 fully saturated rings. The van der Waals surface area contributed by atoms with E-state index < -0.39 is 11.8 Å². The number of anilines is 1. The van der Waals surface area contributed by atoms with Crippen LogP contribution in [0.1, 0.15) is 15.9 Å². The number of nitrogen functional groups attached to an aromatic ring is 1. The molecule has 88 valence electrons. The van der Waals surface area contributed by atoms with E-state index in [0.29, 0.717) is 11.3 Å². The number of aromatic carboxylic acids is 1. The number of rotatable bonds is 2. The van der Waals surface area contributed by atoms with Crippen molar-refractivity contribution in [2.45, 2.75) is 6.92 Å². The molecular formula is C11H10FN3O2. The molecule has 2 aromatic rings. The van der Waals surface area contributed by atoms with Gasteiger partial charge in [0.1, 0.15) is 17.2 Å². The van der Waals surface area contributed by atoms with Crippen LogP contribution in [0, 0.1) is 12.7 Å². The first-order valence-electron chi connectivity index (χ1n) is 4.84. The summed E-state index contributed by atoms with van der Waals surface area (Å²) in [7, 11) is 0. The van der Waals surface area contributed by atoms with Crippen molar-refractivity contribution in [2.75, 3.05) is 5.73 Å². The van der Waals surface area contributed by atoms with Crippen molar-refractivity contribution in [1.82, 2.24) is 9.78 Å². The smallest absolute Gasteiger partial charge is 0.341 e. The van der Waals surface area contributed by atoms with Gasteiger partial charge in [-0.15, -0.1) is 0 Å². The summed E-state index contributed by atoms with van der Waals surface area (Å²) in [5, 5.41) is 12.7. The summed E-state index contributed by atoms with van der Waals surface area (Å²) in [6.07, 6.45) is 1.14. The predicted octanol–water partition coefficient (Wildman–Crippen LogP) is 1.60. The summed E-state index contributed by atoms with van der Waals surface area (Å²) in [5.41, 5.74) is 6.34. The Morgan fingerprint density at radius 1 is 1.53 bits per heavy atom. The van der Waals surface area contributed by atoms with Gasteiger partial charge in [-0.2, -0.15) is 5.10 Å². The molecule has 1 heterocycles. The maximum Gasteiger partial charge on any atom is 0.341 e. The van der Waals surface area contributed by atoms with E-state index in [2.05, 4.69) is 5.10 Å². The topological polar surface area (TPSA) is 81.1 Å². The largest absolute Gasteiger partial charge is 0.477 e. The van der Waals surface area contributed by atoms with Crippen molar-refractivity contribution in [1.29, 1.82) is 0 Å². The van der Waals surface area contributed by atoms with Crippen LogP contribution in [-0.4, -0.2) is 20.9 Å². The molecule has 0 saturated heterocycles. The van der Waals surface area contributed by atoms with Gasteiger partial charge in [0.2, 0.25) is 0 Å². The number of halogens is 1. The molecule has 0 aliphatic heterocycles. The molecule has 0 aliphatic rings. The molecule has 0 radical (unpaired) electrons. The van der Waals surface area contributed by atoms with Crippen LogP contribution in [0.15, 0.2) is 24.4 Å². The van der Waals surface area contributed by atoms with Crippen molar-refractivity contribution < 1.29 is 14.3 Å². The summed E-state index contributed by atoms with van der Waals surface area (Å²) in [5.74, 6) is -1.58. The molecule has 1 aromatic heterocycles. The Balaban J connectivity index is 2.62. The second-order valence-electron chi connectivity index (χ2n) is 3.54. The quantitative estimate of drug-likeness (QED) is 0.828. The third-order valence-electron chi connectivity index (χ3n) is 2.50. The fraction of sp³-hybridized carbons (Fsp3) is 0.0909. The average Bonchev–Trinajstić information content (AvgIpc) is 2.64. The number of hydrogen-bond donors (Lipinski definition) is 2. The third kappa shape index (κ3) is 1.73. The summed E-state index contributed by atoms with van der Waals surface area (Å²) >= 11 is 0. The zero-order valence-corrected chi connectivity index (χ0v) is 9.01. The molecule has 6 heteroatoms. The van der Waals surface area contributed by atoms with Gasteiger partial charge in [-0.3, -0.25) is 0 Å². The highest BCUT2D eigenvalue weighted by Crippen LogP contribution is 2.21. The van der Waals surface area contributed by atoms with Crippen molar-refractivity contribution in [3.05, 3.63) is 41.3 Å². The Morgan fingerprint density at radius 2 is 2.24 bits per heavy atom. The molecule has 0 aliphatic carbocycles. The van der Waals surface area contributed by atoms with Gasteiger partial charge in [0, 0.05) is 5.56 Å². The van der Waals surface area contributed by atoms with Gasteiger partial charge in [-0.1, -0.05) is 6.07 Å². The highest BCUT2D eigenvalue weighted by atomic mass is 19.1. The van der Waals surface area contributed by atoms with Crippen LogP contribution in [-0.2, 0) is 0 Å². The van der Waals surface area contributed by atoms with E-state index in [4.69, 9.17) is 10.8 Å². The number of nitrogens with zero attached hydrogens (tertiary/aromatic N) is 2. The number of carbonyl (C=O) groups is 1. The molecular weight excluding hydrogens is 225 g/mol. The molecule has 0 unspecified atom stereocenters. The van der Waals surface area contributed by atoms with Gasteiger partial charge in [0.25, 0.3) is 0 Å². The monoisotopic (exact) mass is 235 g/mol. The van der Waals surface area contributed by atoms with Crippen LogP contribution >= 0.6 is 0 Å². The normalized spacial score (nSPS) is 10.5. The van der Waals surface area contributed by atoms with E-state index in [1.165, 1.54) is 16.8 Å². The molecule has 0 bridgehead atoms. The second kappa shape index (κ2) is 3.89. The lowest BCUT2D eigenvalue weighted by Crippen LogP contribution is -2.07. The Labute approximate surface area is 96.3 Å². The van der Waals surface area contributed by atoms with Crippen LogP contribution in [0.2, 0.25) is 0 Å². The Hall–Kier alpha value is -2.37. The van der Waals surface area contributed by atoms with Crippen LogP contribution in [0.4, 0.5) is 10.2 Å². The number of hydrogen-bond acceptors (Lipinski definition) is 3. The minimum atomic E-state index is -1.16. The number of benzene rings is 1. The average molecular weight is 235 g/mol. The fourth-order valence-electron chi connectivity index (χ4n) is 1.54. The molecule has 0 spiro atoms. The third-order valence-corrected chi connectivity index (χ3v) is 2.50. The highest BCUT2D eigenvalue weighted by molar-refractivity contribution is 5.92. The van der Waals surface area contributed by atoms with Gasteiger partial charge >= 0.3 is 5.97 Å². The zero-order valence-electron chi connectivity index (χ0n) is 9.01. The molecule has 1 aromatic carbocycles. The van der Waals surface area contributed by atoms with E-state index in [1.807, 2.05) is 0 Å². The lowest BCUT2D eigenvalue weighted by atomic mass is 10.2. The number of nitrogens with two attached hydrogens (primary N) is 1. The SMILES string of the molecule is Cc1c(F)cccc1-n1ncc(C(=O)O)c1N. The van der Waals surface area contributed by atoms with E-state index >= 15 is 0 Å². The molecule has 0 saturated carbocycles. The summed E-state index contributed by atoms with van der Waals surface area (Å²) < 4.78 is 14.6. The summed E-state index contributed by atoms with van der Waals surface area (Å²) in [6.45, 7) is 1.58. The summed E-state index contributed by atoms with van der Waals surface area (Å²) in [4.78, 5) is 10.8. The van der Waals surface area contributed by atoms with Crippen molar-refractivity contribution in [2.24, 2.45) is 0 Å². The Kier molecular flexibility index (Phi) is 2.55. The number of aromatic nitrogens is 2. The van der Waals surface area contributed by atoms with Gasteiger partial charge in [0.15, 0.2) is 0 Å². The fourth-order valence-corrected chi connectivity index (χ4v) is 1.54. The van der Waals surface area contributed by atoms with Crippen LogP contribution < -0.4 is 5.73 Å². The lowest BCUT2D eigenvalue weighted by Gasteiger charge is -2.08. The van der Waals surface area contributed by atoms with E-state index in [1.54, 1.807) is 13.0 Å². The Bertz CT molecular complexity index is 592. The van der Waals surface area contributed by atoms with E-state index in [0.717, 1.165) is 6.20 Å². The van der Waals surface area contributed by atoms with E-state index in [9.17, 15) is 9.18 Å². The van der Waals surface area contributed by atoms with Gasteiger partial charge < -0.3 is 10.8 Å². The lowest BCUT2D eigenvalue weighted by molar-refractivity contribution is 0.0698. The predicted molar refractivity (Wildman–Crippen MR) is 59.6 cm³/mol. The maximum absolute atomic E-state index is 13.4. The maximum atomic E-state index is 13.4. The number of carboxylic acids is 1. The molecule has 0 atom stereocenters. The van der Waals surface area contributed by atoms with Crippen LogP contribution in [0.25, 0.3) is 5.69 Å². The molecule has 5 nitrogen and oxygen atoms in total. The minimum Gasteiger partial charge on any atom is -0.477 e. The van der Waals surface area contributed by atoms with Gasteiger partial charge in [-0.05, 0) is 19.1 Å². The highest BCUT2D eigenvalue weighted by Gasteiger charge is 2.16. The van der Waals surface area contributed by atoms with Crippen molar-refractivity contribution in [3.8, 4) is 5.69 Å². The first-order valence-corrected chi connectivity index (χ1v) is 4.84. The standard InChI is InChI=1S/C11H10FN3O2/c1-6-8(12)3-2-4-9(6)15-10(13)7(5-14-15)11(16)17/h2-5H,13H2,1H3,(H,16,17). The van der Waals surface area contributed by atoms with Gasteiger partial charge in [-0.25, -0.2) is 13.9 Å². The van der Waals surface area contributed by atoms with Crippen molar-refractivity contribution >= 4 is 11.8 Å². The zero-order chi connectivity index (χ0) is 12.6. The molecule has 17 heavy (non-hydrogen) atoms. The first kappa shape index (κ1) is 11.1. The number of carboxylic acid groups (broad SMARTS) is 1. The van der Waals surface area contributed by atoms with E-state index in [-0.39, 0.29) is 11.4 Å². The van der Waals surface area contributed by atoms with Crippen LogP contribution in [0.5, 0.6) is 0 Å². The summed E-state index contributed by atoms with van der Waals surface area (Å²) in [6, 6.07) is 4.45. The minimum absolute atomic E-state index is 0.0220. The molecule has 2 rings (SSSR count).